The third-order valence-electron chi connectivity index (χ3n) is 2.63. The fraction of sp³-hybridized carbons (Fsp3) is 0.333. The highest BCUT2D eigenvalue weighted by atomic mass is 16.2. The molecule has 0 spiro atoms. The van der Waals surface area contributed by atoms with E-state index in [0.717, 1.165) is 25.9 Å². The van der Waals surface area contributed by atoms with Gasteiger partial charge < -0.3 is 4.90 Å². The first-order valence-electron chi connectivity index (χ1n) is 5.11. The molecule has 1 saturated heterocycles. The van der Waals surface area contributed by atoms with Crippen molar-refractivity contribution in [1.29, 1.82) is 5.26 Å². The van der Waals surface area contributed by atoms with Gasteiger partial charge in [-0.3, -0.25) is 4.79 Å². The lowest BCUT2D eigenvalue weighted by Crippen LogP contribution is -2.27. The molecule has 0 aliphatic carbocycles. The highest BCUT2D eigenvalue weighted by Gasteiger charge is 2.19. The normalized spacial score (nSPS) is 15.0. The minimum atomic E-state index is 0.0459. The van der Waals surface area contributed by atoms with Gasteiger partial charge >= 0.3 is 0 Å². The zero-order chi connectivity index (χ0) is 10.7. The van der Waals surface area contributed by atoms with E-state index in [4.69, 9.17) is 5.26 Å². The average molecular weight is 200 g/mol. The molecule has 0 unspecified atom stereocenters. The van der Waals surface area contributed by atoms with Gasteiger partial charge in [0.15, 0.2) is 0 Å². The fourth-order valence-electron chi connectivity index (χ4n) is 1.82. The molecule has 1 fully saturated rings. The van der Waals surface area contributed by atoms with Crippen molar-refractivity contribution in [2.24, 2.45) is 0 Å². The van der Waals surface area contributed by atoms with Crippen LogP contribution >= 0.6 is 0 Å². The van der Waals surface area contributed by atoms with Crippen LogP contribution in [0.1, 0.15) is 28.8 Å². The minimum absolute atomic E-state index is 0.0459. The first-order valence-corrected chi connectivity index (χ1v) is 5.11. The predicted octanol–water partition coefficient (Wildman–Crippen LogP) is 1.79. The third-order valence-corrected chi connectivity index (χ3v) is 2.63. The maximum atomic E-state index is 11.9. The second-order valence-corrected chi connectivity index (χ2v) is 3.69. The number of benzene rings is 1. The lowest BCUT2D eigenvalue weighted by atomic mass is 10.1. The smallest absolute Gasteiger partial charge is 0.253 e. The summed E-state index contributed by atoms with van der Waals surface area (Å²) >= 11 is 0. The van der Waals surface area contributed by atoms with Crippen LogP contribution in [0.5, 0.6) is 0 Å². The Balaban J connectivity index is 2.21. The van der Waals surface area contributed by atoms with Crippen LogP contribution in [0.4, 0.5) is 0 Å². The van der Waals surface area contributed by atoms with E-state index in [1.54, 1.807) is 24.3 Å². The molecule has 1 aliphatic rings. The maximum absolute atomic E-state index is 11.9. The summed E-state index contributed by atoms with van der Waals surface area (Å²) in [5, 5.41) is 8.73. The second-order valence-electron chi connectivity index (χ2n) is 3.69. The Morgan fingerprint density at radius 3 is 2.73 bits per heavy atom. The Kier molecular flexibility index (Phi) is 2.68. The van der Waals surface area contributed by atoms with Crippen molar-refractivity contribution in [3.05, 3.63) is 35.4 Å². The Morgan fingerprint density at radius 1 is 1.33 bits per heavy atom. The molecule has 0 bridgehead atoms. The molecule has 1 aromatic carbocycles. The van der Waals surface area contributed by atoms with Gasteiger partial charge in [0.25, 0.3) is 5.91 Å². The SMILES string of the molecule is N#Cc1cccc(C(=O)N2CCCC2)c1. The summed E-state index contributed by atoms with van der Waals surface area (Å²) in [4.78, 5) is 13.8. The van der Waals surface area contributed by atoms with Gasteiger partial charge in [-0.25, -0.2) is 0 Å². The standard InChI is InChI=1S/C12H12N2O/c13-9-10-4-3-5-11(8-10)12(15)14-6-1-2-7-14/h3-5,8H,1-2,6-7H2. The molecule has 0 aromatic heterocycles. The number of likely N-dealkylation sites (tertiary alicyclic amines) is 1. The number of hydrogen-bond donors (Lipinski definition) is 0. The third kappa shape index (κ3) is 1.99. The molecule has 3 heteroatoms. The number of nitriles is 1. The molecule has 1 amide bonds. The second kappa shape index (κ2) is 4.14. The van der Waals surface area contributed by atoms with Crippen LogP contribution in [0.2, 0.25) is 0 Å². The highest BCUT2D eigenvalue weighted by molar-refractivity contribution is 5.94. The van der Waals surface area contributed by atoms with E-state index >= 15 is 0 Å². The molecule has 0 radical (unpaired) electrons. The largest absolute Gasteiger partial charge is 0.339 e. The van der Waals surface area contributed by atoms with E-state index < -0.39 is 0 Å². The number of nitrogens with zero attached hydrogens (tertiary/aromatic N) is 2. The summed E-state index contributed by atoms with van der Waals surface area (Å²) < 4.78 is 0. The summed E-state index contributed by atoms with van der Waals surface area (Å²) in [5.74, 6) is 0.0459. The Morgan fingerprint density at radius 2 is 2.07 bits per heavy atom. The molecule has 76 valence electrons. The van der Waals surface area contributed by atoms with Gasteiger partial charge in [-0.05, 0) is 31.0 Å². The van der Waals surface area contributed by atoms with Crippen LogP contribution in [0.3, 0.4) is 0 Å². The van der Waals surface area contributed by atoms with Gasteiger partial charge in [0.2, 0.25) is 0 Å². The predicted molar refractivity (Wildman–Crippen MR) is 56.3 cm³/mol. The topological polar surface area (TPSA) is 44.1 Å². The van der Waals surface area contributed by atoms with Crippen molar-refractivity contribution in [1.82, 2.24) is 4.90 Å². The molecule has 1 aliphatic heterocycles. The first-order chi connectivity index (χ1) is 7.31. The number of hydrogen-bond acceptors (Lipinski definition) is 2. The van der Waals surface area contributed by atoms with Crippen molar-refractivity contribution in [2.45, 2.75) is 12.8 Å². The van der Waals surface area contributed by atoms with Gasteiger partial charge in [-0.2, -0.15) is 5.26 Å². The number of carbonyl (C=O) groups excluding carboxylic acids is 1. The summed E-state index contributed by atoms with van der Waals surface area (Å²) in [5.41, 5.74) is 1.16. The first kappa shape index (κ1) is 9.72. The van der Waals surface area contributed by atoms with Crippen molar-refractivity contribution in [3.63, 3.8) is 0 Å². The van der Waals surface area contributed by atoms with Crippen LogP contribution < -0.4 is 0 Å². The quantitative estimate of drug-likeness (QED) is 0.693. The van der Waals surface area contributed by atoms with E-state index in [0.29, 0.717) is 11.1 Å². The molecule has 3 nitrogen and oxygen atoms in total. The van der Waals surface area contributed by atoms with E-state index in [1.165, 1.54) is 0 Å². The van der Waals surface area contributed by atoms with Gasteiger partial charge in [0, 0.05) is 18.7 Å². The fourth-order valence-corrected chi connectivity index (χ4v) is 1.82. The van der Waals surface area contributed by atoms with Crippen LogP contribution in [0, 0.1) is 11.3 Å². The zero-order valence-electron chi connectivity index (χ0n) is 8.44. The van der Waals surface area contributed by atoms with Gasteiger partial charge in [-0.1, -0.05) is 6.07 Å². The van der Waals surface area contributed by atoms with Crippen molar-refractivity contribution in [3.8, 4) is 6.07 Å². The summed E-state index contributed by atoms with van der Waals surface area (Å²) in [7, 11) is 0. The highest BCUT2D eigenvalue weighted by Crippen LogP contribution is 2.13. The monoisotopic (exact) mass is 200 g/mol. The zero-order valence-corrected chi connectivity index (χ0v) is 8.44. The molecule has 0 saturated carbocycles. The number of amides is 1. The van der Waals surface area contributed by atoms with Gasteiger partial charge in [0.1, 0.15) is 0 Å². The van der Waals surface area contributed by atoms with Crippen LogP contribution in [0.15, 0.2) is 24.3 Å². The average Bonchev–Trinajstić information content (AvgIpc) is 2.81. The van der Waals surface area contributed by atoms with E-state index in [-0.39, 0.29) is 5.91 Å². The minimum Gasteiger partial charge on any atom is -0.339 e. The van der Waals surface area contributed by atoms with Crippen molar-refractivity contribution < 1.29 is 4.79 Å². The van der Waals surface area contributed by atoms with E-state index in [1.807, 2.05) is 11.0 Å². The molecule has 2 rings (SSSR count). The Labute approximate surface area is 88.9 Å². The lowest BCUT2D eigenvalue weighted by Gasteiger charge is -2.14. The van der Waals surface area contributed by atoms with Crippen LogP contribution in [-0.2, 0) is 0 Å². The van der Waals surface area contributed by atoms with Gasteiger partial charge in [0.05, 0.1) is 11.6 Å². The Bertz CT molecular complexity index is 414. The Hall–Kier alpha value is -1.82. The summed E-state index contributed by atoms with van der Waals surface area (Å²) in [6.07, 6.45) is 2.17. The lowest BCUT2D eigenvalue weighted by molar-refractivity contribution is 0.0793. The molecule has 1 aromatic rings. The van der Waals surface area contributed by atoms with Crippen molar-refractivity contribution >= 4 is 5.91 Å². The molecular weight excluding hydrogens is 188 g/mol. The summed E-state index contributed by atoms with van der Waals surface area (Å²) in [6, 6.07) is 8.92. The van der Waals surface area contributed by atoms with Crippen LogP contribution in [0.25, 0.3) is 0 Å². The summed E-state index contributed by atoms with van der Waals surface area (Å²) in [6.45, 7) is 1.69. The van der Waals surface area contributed by atoms with E-state index in [2.05, 4.69) is 0 Å². The van der Waals surface area contributed by atoms with E-state index in [9.17, 15) is 4.79 Å². The number of carbonyl (C=O) groups is 1. The van der Waals surface area contributed by atoms with Crippen molar-refractivity contribution in [2.75, 3.05) is 13.1 Å². The molecule has 0 N–H and O–H groups in total. The molecular formula is C12H12N2O. The van der Waals surface area contributed by atoms with Crippen LogP contribution in [-0.4, -0.2) is 23.9 Å². The molecule has 1 heterocycles. The van der Waals surface area contributed by atoms with Gasteiger partial charge in [-0.15, -0.1) is 0 Å². The maximum Gasteiger partial charge on any atom is 0.253 e. The number of rotatable bonds is 1. The molecule has 0 atom stereocenters. The molecule has 15 heavy (non-hydrogen) atoms.